The Morgan fingerprint density at radius 3 is 2.27 bits per heavy atom. The highest BCUT2D eigenvalue weighted by molar-refractivity contribution is 6.15. The van der Waals surface area contributed by atoms with E-state index in [2.05, 4.69) is 55.6 Å². The van der Waals surface area contributed by atoms with E-state index >= 15 is 0 Å². The number of aromatic nitrogens is 1. The highest BCUT2D eigenvalue weighted by Crippen LogP contribution is 2.31. The Bertz CT molecular complexity index is 1280. The Hall–Kier alpha value is -3.51. The maximum absolute atomic E-state index is 13.7. The lowest BCUT2D eigenvalue weighted by atomic mass is 9.84. The molecule has 0 unspecified atom stereocenters. The number of aryl methyl sites for hydroxylation is 1. The highest BCUT2D eigenvalue weighted by atomic mass is 16.2. The van der Waals surface area contributed by atoms with Gasteiger partial charge in [0.25, 0.3) is 0 Å². The average Bonchev–Trinajstić information content (AvgIpc) is 3.43. The van der Waals surface area contributed by atoms with Crippen molar-refractivity contribution in [3.63, 3.8) is 0 Å². The van der Waals surface area contributed by atoms with Gasteiger partial charge in [-0.1, -0.05) is 65.0 Å². The maximum Gasteiger partial charge on any atom is 0.239 e. The fourth-order valence-corrected chi connectivity index (χ4v) is 5.00. The summed E-state index contributed by atoms with van der Waals surface area (Å²) in [7, 11) is 0. The summed E-state index contributed by atoms with van der Waals surface area (Å²) >= 11 is 0. The molecule has 0 saturated carbocycles. The van der Waals surface area contributed by atoms with Crippen LogP contribution >= 0.6 is 0 Å². The van der Waals surface area contributed by atoms with Crippen molar-refractivity contribution in [1.29, 1.82) is 0 Å². The van der Waals surface area contributed by atoms with Crippen LogP contribution in [-0.2, 0) is 21.4 Å². The Morgan fingerprint density at radius 1 is 1.02 bits per heavy atom. The fraction of sp³-hybridized carbons (Fsp3) is 0.457. The van der Waals surface area contributed by atoms with E-state index in [1.165, 1.54) is 43.3 Å². The zero-order valence-electron chi connectivity index (χ0n) is 26.1. The number of hydrogen-bond acceptors (Lipinski definition) is 5. The lowest BCUT2D eigenvalue weighted by molar-refractivity contribution is -0.131. The van der Waals surface area contributed by atoms with E-state index in [-0.39, 0.29) is 17.2 Å². The van der Waals surface area contributed by atoms with Crippen molar-refractivity contribution in [3.05, 3.63) is 89.8 Å². The summed E-state index contributed by atoms with van der Waals surface area (Å²) in [5.41, 5.74) is 4.26. The molecule has 1 aliphatic rings. The van der Waals surface area contributed by atoms with Gasteiger partial charge in [-0.2, -0.15) is 0 Å². The van der Waals surface area contributed by atoms with E-state index in [0.717, 1.165) is 29.2 Å². The Labute approximate surface area is 247 Å². The molecule has 1 N–H and O–H groups in total. The van der Waals surface area contributed by atoms with Crippen LogP contribution in [0.3, 0.4) is 0 Å². The first-order valence-electron chi connectivity index (χ1n) is 14.7. The van der Waals surface area contributed by atoms with Crippen molar-refractivity contribution in [3.8, 4) is 0 Å². The minimum Gasteiger partial charge on any atom is -0.340 e. The first kappa shape index (κ1) is 32.0. The van der Waals surface area contributed by atoms with Crippen LogP contribution < -0.4 is 10.2 Å². The minimum atomic E-state index is -0.741. The number of anilines is 2. The van der Waals surface area contributed by atoms with Crippen molar-refractivity contribution in [2.24, 2.45) is 5.41 Å². The molecule has 220 valence electrons. The number of pyridine rings is 1. The molecule has 1 aromatic heterocycles. The first-order chi connectivity index (χ1) is 19.3. The number of hydrogen-bond donors (Lipinski definition) is 1. The van der Waals surface area contributed by atoms with Gasteiger partial charge in [-0.25, -0.2) is 4.98 Å². The van der Waals surface area contributed by atoms with E-state index in [1.807, 2.05) is 56.3 Å². The van der Waals surface area contributed by atoms with Crippen molar-refractivity contribution in [2.45, 2.75) is 79.6 Å². The predicted molar refractivity (Wildman–Crippen MR) is 171 cm³/mol. The van der Waals surface area contributed by atoms with Crippen molar-refractivity contribution < 1.29 is 9.59 Å². The fourth-order valence-electron chi connectivity index (χ4n) is 5.00. The van der Waals surface area contributed by atoms with Gasteiger partial charge in [0.2, 0.25) is 11.8 Å². The van der Waals surface area contributed by atoms with Gasteiger partial charge < -0.3 is 5.32 Å². The molecule has 2 heterocycles. The van der Waals surface area contributed by atoms with Gasteiger partial charge in [-0.05, 0) is 98.7 Å². The smallest absolute Gasteiger partial charge is 0.239 e. The van der Waals surface area contributed by atoms with Crippen LogP contribution in [0.4, 0.5) is 11.5 Å². The van der Waals surface area contributed by atoms with E-state index < -0.39 is 5.41 Å². The molecule has 0 atom stereocenters. The van der Waals surface area contributed by atoms with Crippen molar-refractivity contribution in [1.82, 2.24) is 9.88 Å². The first-order valence-corrected chi connectivity index (χ1v) is 14.7. The molecule has 3 rings (SSSR count). The molecular weight excluding hydrogens is 508 g/mol. The zero-order chi connectivity index (χ0) is 30.2. The number of nitrogens with zero attached hydrogens (tertiary/aromatic N) is 3. The third-order valence-corrected chi connectivity index (χ3v) is 7.66. The molecule has 1 aliphatic heterocycles. The number of nitrogens with one attached hydrogen (secondary N) is 1. The molecule has 1 fully saturated rings. The molecule has 0 spiro atoms. The molecule has 6 heteroatoms. The van der Waals surface area contributed by atoms with E-state index in [4.69, 9.17) is 0 Å². The van der Waals surface area contributed by atoms with Gasteiger partial charge in [0.15, 0.2) is 0 Å². The summed E-state index contributed by atoms with van der Waals surface area (Å²) in [5, 5.41) is 3.36. The molecule has 0 radical (unpaired) electrons. The zero-order valence-corrected chi connectivity index (χ0v) is 26.1. The molecule has 6 nitrogen and oxygen atoms in total. The summed E-state index contributed by atoms with van der Waals surface area (Å²) in [6.07, 6.45) is 11.6. The molecule has 1 aromatic carbocycles. The summed E-state index contributed by atoms with van der Waals surface area (Å²) in [5.74, 6) is 0.247. The van der Waals surface area contributed by atoms with Crippen LogP contribution in [0.15, 0.2) is 78.7 Å². The van der Waals surface area contributed by atoms with Crippen LogP contribution in [-0.4, -0.2) is 41.3 Å². The molecule has 1 saturated heterocycles. The predicted octanol–water partition coefficient (Wildman–Crippen LogP) is 7.44. The molecular formula is C35H48N4O2. The summed E-state index contributed by atoms with van der Waals surface area (Å²) < 4.78 is 0. The second-order valence-electron chi connectivity index (χ2n) is 12.8. The van der Waals surface area contributed by atoms with Crippen LogP contribution in [0, 0.1) is 5.41 Å². The number of carbonyl (C=O) groups is 2. The minimum absolute atomic E-state index is 0.00763. The second kappa shape index (κ2) is 13.9. The number of benzene rings is 1. The Kier molecular flexibility index (Phi) is 10.9. The third-order valence-electron chi connectivity index (χ3n) is 7.66. The average molecular weight is 557 g/mol. The largest absolute Gasteiger partial charge is 0.340 e. The lowest BCUT2D eigenvalue weighted by Crippen LogP contribution is -2.44. The van der Waals surface area contributed by atoms with Crippen molar-refractivity contribution in [2.75, 3.05) is 29.9 Å². The quantitative estimate of drug-likeness (QED) is 0.291. The molecule has 41 heavy (non-hydrogen) atoms. The standard InChI is InChI=1S/C35H48N4O2/c1-9-30(15-12-26(2)25-38-22-10-11-23-38)37-32-24-28(19-21-36-32)18-20-35(7,8)33(41)39(27(3)40)31-16-13-29(14-17-31)34(4,5)6/h9,12-17,19,21,24H,1,10-11,18,20,22-23,25H2,2-8H3,(H,36,37)/b26-12+,30-15+. The maximum atomic E-state index is 13.7. The molecule has 0 bridgehead atoms. The van der Waals surface area contributed by atoms with Gasteiger partial charge in [-0.3, -0.25) is 19.4 Å². The van der Waals surface area contributed by atoms with Gasteiger partial charge >= 0.3 is 0 Å². The normalized spacial score (nSPS) is 15.1. The molecule has 2 amide bonds. The highest BCUT2D eigenvalue weighted by Gasteiger charge is 2.34. The summed E-state index contributed by atoms with van der Waals surface area (Å²) in [6.45, 7) is 21.1. The van der Waals surface area contributed by atoms with Crippen LogP contribution in [0.5, 0.6) is 0 Å². The summed E-state index contributed by atoms with van der Waals surface area (Å²) in [6, 6.07) is 11.7. The Morgan fingerprint density at radius 2 is 1.68 bits per heavy atom. The molecule has 2 aromatic rings. The van der Waals surface area contributed by atoms with E-state index in [9.17, 15) is 9.59 Å². The number of amides is 2. The van der Waals surface area contributed by atoms with Crippen LogP contribution in [0.1, 0.15) is 78.9 Å². The van der Waals surface area contributed by atoms with Crippen LogP contribution in [0.2, 0.25) is 0 Å². The third kappa shape index (κ3) is 9.25. The number of allylic oxidation sites excluding steroid dienone is 3. The van der Waals surface area contributed by atoms with Crippen molar-refractivity contribution >= 4 is 23.3 Å². The number of rotatable bonds is 11. The van der Waals surface area contributed by atoms with E-state index in [1.54, 1.807) is 12.3 Å². The monoisotopic (exact) mass is 556 g/mol. The number of carbonyl (C=O) groups excluding carboxylic acids is 2. The summed E-state index contributed by atoms with van der Waals surface area (Å²) in [4.78, 5) is 34.5. The Balaban J connectivity index is 1.66. The SMILES string of the molecule is C=C/C(=C\C=C(/C)CN1CCCC1)Nc1cc(CCC(C)(C)C(=O)N(C(C)=O)c2ccc(C(C)(C)C)cc2)ccn1. The molecule has 0 aliphatic carbocycles. The van der Waals surface area contributed by atoms with Gasteiger partial charge in [0, 0.05) is 30.8 Å². The lowest BCUT2D eigenvalue weighted by Gasteiger charge is -2.30. The van der Waals surface area contributed by atoms with Gasteiger partial charge in [0.1, 0.15) is 5.82 Å². The van der Waals surface area contributed by atoms with Gasteiger partial charge in [-0.15, -0.1) is 0 Å². The van der Waals surface area contributed by atoms with E-state index in [0.29, 0.717) is 18.5 Å². The topological polar surface area (TPSA) is 65.5 Å². The second-order valence-corrected chi connectivity index (χ2v) is 12.8. The van der Waals surface area contributed by atoms with Crippen LogP contribution in [0.25, 0.3) is 0 Å². The van der Waals surface area contributed by atoms with Gasteiger partial charge in [0.05, 0.1) is 5.69 Å². The number of likely N-dealkylation sites (tertiary alicyclic amines) is 1. The number of imide groups is 1.